The average molecular weight is 336 g/mol. The number of hydrogen-bond acceptors (Lipinski definition) is 3. The first-order chi connectivity index (χ1) is 11.3. The van der Waals surface area contributed by atoms with E-state index < -0.39 is 5.41 Å². The number of hydrogen-bond donors (Lipinski definition) is 1. The maximum Gasteiger partial charge on any atom is 0.194 e. The number of fused-ring (bicyclic) bond motifs is 3. The van der Waals surface area contributed by atoms with Crippen LogP contribution in [-0.2, 0) is 11.8 Å². The van der Waals surface area contributed by atoms with E-state index in [4.69, 9.17) is 16.9 Å². The number of carbonyl (C=O) groups is 1. The first kappa shape index (κ1) is 15.0. The van der Waals surface area contributed by atoms with Gasteiger partial charge in [-0.1, -0.05) is 31.5 Å². The van der Waals surface area contributed by atoms with Crippen LogP contribution in [0.3, 0.4) is 0 Å². The number of aromatic hydroxyl groups is 1. The van der Waals surface area contributed by atoms with Crippen molar-refractivity contribution in [2.45, 2.75) is 25.7 Å². The Kier molecular flexibility index (Phi) is 2.95. The van der Waals surface area contributed by atoms with Crippen LogP contribution in [-0.4, -0.2) is 10.9 Å². The molecule has 0 saturated carbocycles. The van der Waals surface area contributed by atoms with Crippen molar-refractivity contribution < 1.29 is 9.90 Å². The summed E-state index contributed by atoms with van der Waals surface area (Å²) in [5.41, 5.74) is 5.19. The second-order valence-electron chi connectivity index (χ2n) is 6.82. The average Bonchev–Trinajstić information content (AvgIpc) is 2.94. The second-order valence-corrected chi connectivity index (χ2v) is 7.22. The van der Waals surface area contributed by atoms with Gasteiger partial charge in [-0.05, 0) is 52.9 Å². The molecule has 0 aromatic heterocycles. The number of Topliss-reactive ketones (excluding diaryl/α,β-unsaturated/α-hetero) is 1. The molecule has 0 amide bonds. The molecule has 0 spiro atoms. The van der Waals surface area contributed by atoms with Gasteiger partial charge >= 0.3 is 0 Å². The number of ketones is 1. The maximum absolute atomic E-state index is 13.1. The Morgan fingerprint density at radius 1 is 1.21 bits per heavy atom. The van der Waals surface area contributed by atoms with Crippen LogP contribution >= 0.6 is 11.6 Å². The van der Waals surface area contributed by atoms with Crippen LogP contribution in [0.1, 0.15) is 46.5 Å². The van der Waals surface area contributed by atoms with Crippen molar-refractivity contribution in [3.05, 3.63) is 68.7 Å². The molecule has 1 N–H and O–H groups in total. The van der Waals surface area contributed by atoms with Gasteiger partial charge in [0, 0.05) is 16.6 Å². The van der Waals surface area contributed by atoms with Gasteiger partial charge in [0.1, 0.15) is 5.75 Å². The fraction of sp³-hybridized carbons (Fsp3) is 0.200. The van der Waals surface area contributed by atoms with Gasteiger partial charge in [-0.2, -0.15) is 5.26 Å². The third-order valence-electron chi connectivity index (χ3n) is 5.16. The molecule has 3 nitrogen and oxygen atoms in total. The van der Waals surface area contributed by atoms with Gasteiger partial charge in [-0.15, -0.1) is 0 Å². The highest BCUT2D eigenvalue weighted by Crippen LogP contribution is 2.51. The van der Waals surface area contributed by atoms with Crippen LogP contribution in [0, 0.1) is 11.3 Å². The number of carbonyl (C=O) groups excluding carboxylic acids is 1. The Labute approximate surface area is 144 Å². The molecule has 4 heteroatoms. The van der Waals surface area contributed by atoms with Gasteiger partial charge in [0.2, 0.25) is 0 Å². The molecule has 2 aliphatic rings. The predicted octanol–water partition coefficient (Wildman–Crippen LogP) is 4.40. The molecule has 0 fully saturated rings. The van der Waals surface area contributed by atoms with Gasteiger partial charge in [0.25, 0.3) is 0 Å². The molecule has 2 aromatic carbocycles. The lowest BCUT2D eigenvalue weighted by Gasteiger charge is -2.34. The quantitative estimate of drug-likeness (QED) is 0.776. The van der Waals surface area contributed by atoms with Gasteiger partial charge in [-0.25, -0.2) is 0 Å². The van der Waals surface area contributed by atoms with E-state index in [-0.39, 0.29) is 16.6 Å². The van der Waals surface area contributed by atoms with Crippen LogP contribution < -0.4 is 0 Å². The van der Waals surface area contributed by atoms with E-state index in [1.165, 1.54) is 0 Å². The van der Waals surface area contributed by atoms with E-state index in [2.05, 4.69) is 19.9 Å². The zero-order valence-electron chi connectivity index (χ0n) is 13.3. The van der Waals surface area contributed by atoms with Gasteiger partial charge in [0.05, 0.1) is 16.7 Å². The molecular formula is C20H14ClNO2. The van der Waals surface area contributed by atoms with Crippen molar-refractivity contribution in [1.82, 2.24) is 0 Å². The third kappa shape index (κ3) is 1.81. The molecule has 0 unspecified atom stereocenters. The fourth-order valence-electron chi connectivity index (χ4n) is 3.85. The standard InChI is InChI=1S/C20H14ClNO2/c1-20(2)14-8-17(23)16(21)7-13(14)19(24)18-12-4-3-10(9-22)5-11(12)6-15(18)20/h3-5,7-8,23H,6H2,1-2H3. The number of benzene rings is 2. The molecule has 0 atom stereocenters. The lowest BCUT2D eigenvalue weighted by molar-refractivity contribution is 0.105. The zero-order valence-corrected chi connectivity index (χ0v) is 14.0. The van der Waals surface area contributed by atoms with E-state index in [9.17, 15) is 9.90 Å². The minimum Gasteiger partial charge on any atom is -0.506 e. The summed E-state index contributed by atoms with van der Waals surface area (Å²) in [6.45, 7) is 4.11. The summed E-state index contributed by atoms with van der Waals surface area (Å²) in [6, 6.07) is 10.8. The largest absolute Gasteiger partial charge is 0.506 e. The van der Waals surface area contributed by atoms with E-state index in [0.29, 0.717) is 23.1 Å². The number of phenolic OH excluding ortho intramolecular Hbond substituents is 1. The zero-order chi connectivity index (χ0) is 17.2. The van der Waals surface area contributed by atoms with Crippen LogP contribution in [0.2, 0.25) is 5.02 Å². The lowest BCUT2D eigenvalue weighted by atomic mass is 9.68. The van der Waals surface area contributed by atoms with Crippen molar-refractivity contribution >= 4 is 23.0 Å². The number of phenols is 1. The van der Waals surface area contributed by atoms with Crippen molar-refractivity contribution in [3.8, 4) is 11.8 Å². The number of nitriles is 1. The monoisotopic (exact) mass is 335 g/mol. The van der Waals surface area contributed by atoms with Crippen LogP contribution in [0.5, 0.6) is 5.75 Å². The minimum absolute atomic E-state index is 0.0115. The number of rotatable bonds is 0. The predicted molar refractivity (Wildman–Crippen MR) is 92.3 cm³/mol. The molecule has 118 valence electrons. The first-order valence-corrected chi connectivity index (χ1v) is 8.07. The smallest absolute Gasteiger partial charge is 0.194 e. The summed E-state index contributed by atoms with van der Waals surface area (Å²) >= 11 is 6.03. The Balaban J connectivity index is 1.98. The molecule has 0 saturated heterocycles. The van der Waals surface area contributed by atoms with Crippen LogP contribution in [0.25, 0.3) is 5.57 Å². The Bertz CT molecular complexity index is 1010. The molecule has 2 aliphatic carbocycles. The first-order valence-electron chi connectivity index (χ1n) is 7.69. The molecule has 4 rings (SSSR count). The molecular weight excluding hydrogens is 322 g/mol. The SMILES string of the molecule is CC1(C)C2=C(C(=O)c3cc(Cl)c(O)cc31)c1ccc(C#N)cc1C2. The highest BCUT2D eigenvalue weighted by atomic mass is 35.5. The minimum atomic E-state index is -0.396. The second kappa shape index (κ2) is 4.72. The highest BCUT2D eigenvalue weighted by molar-refractivity contribution is 6.36. The summed E-state index contributed by atoms with van der Waals surface area (Å²) in [7, 11) is 0. The van der Waals surface area contributed by atoms with Crippen molar-refractivity contribution in [2.24, 2.45) is 0 Å². The summed E-state index contributed by atoms with van der Waals surface area (Å²) in [4.78, 5) is 13.1. The molecule has 0 heterocycles. The van der Waals surface area contributed by atoms with E-state index in [1.54, 1.807) is 18.2 Å². The Hall–Kier alpha value is -2.57. The number of allylic oxidation sites excluding steroid dienone is 2. The summed E-state index contributed by atoms with van der Waals surface area (Å²) < 4.78 is 0. The van der Waals surface area contributed by atoms with Gasteiger partial charge in [-0.3, -0.25) is 4.79 Å². The summed E-state index contributed by atoms with van der Waals surface area (Å²) in [5.74, 6) is -0.0766. The van der Waals surface area contributed by atoms with E-state index >= 15 is 0 Å². The van der Waals surface area contributed by atoms with E-state index in [1.807, 2.05) is 12.1 Å². The Morgan fingerprint density at radius 2 is 1.96 bits per heavy atom. The molecule has 0 radical (unpaired) electrons. The maximum atomic E-state index is 13.1. The number of nitrogens with zero attached hydrogens (tertiary/aromatic N) is 1. The fourth-order valence-corrected chi connectivity index (χ4v) is 4.02. The third-order valence-corrected chi connectivity index (χ3v) is 5.46. The van der Waals surface area contributed by atoms with Gasteiger partial charge < -0.3 is 5.11 Å². The lowest BCUT2D eigenvalue weighted by Crippen LogP contribution is -2.29. The normalized spacial score (nSPS) is 17.2. The van der Waals surface area contributed by atoms with Crippen molar-refractivity contribution in [3.63, 3.8) is 0 Å². The topological polar surface area (TPSA) is 61.1 Å². The highest BCUT2D eigenvalue weighted by Gasteiger charge is 2.43. The molecule has 24 heavy (non-hydrogen) atoms. The van der Waals surface area contributed by atoms with E-state index in [0.717, 1.165) is 22.3 Å². The molecule has 0 aliphatic heterocycles. The van der Waals surface area contributed by atoms with Crippen LogP contribution in [0.4, 0.5) is 0 Å². The summed E-state index contributed by atoms with van der Waals surface area (Å²) in [5, 5.41) is 19.3. The Morgan fingerprint density at radius 3 is 2.67 bits per heavy atom. The van der Waals surface area contributed by atoms with Gasteiger partial charge in [0.15, 0.2) is 5.78 Å². The summed E-state index contributed by atoms with van der Waals surface area (Å²) in [6.07, 6.45) is 0.641. The van der Waals surface area contributed by atoms with Crippen molar-refractivity contribution in [2.75, 3.05) is 0 Å². The number of halogens is 1. The van der Waals surface area contributed by atoms with Crippen LogP contribution in [0.15, 0.2) is 35.9 Å². The molecule has 0 bridgehead atoms. The van der Waals surface area contributed by atoms with Crippen molar-refractivity contribution in [1.29, 1.82) is 5.26 Å². The molecule has 2 aromatic rings.